The Morgan fingerprint density at radius 1 is 1.15 bits per heavy atom. The maximum absolute atomic E-state index is 12.1. The molecule has 1 unspecified atom stereocenters. The van der Waals surface area contributed by atoms with Crippen LogP contribution in [0, 0.1) is 18.3 Å². The molecule has 2 aromatic carbocycles. The number of hydrogen-bond donors (Lipinski definition) is 2. The van der Waals surface area contributed by atoms with Crippen LogP contribution >= 0.6 is 11.8 Å². The predicted octanol–water partition coefficient (Wildman–Crippen LogP) is 5.59. The lowest BCUT2D eigenvalue weighted by molar-refractivity contribution is -0.143. The number of carbonyl (C=O) groups excluding carboxylic acids is 1. The Labute approximate surface area is 202 Å². The molecule has 0 amide bonds. The van der Waals surface area contributed by atoms with Crippen molar-refractivity contribution in [3.8, 4) is 6.07 Å². The average molecular weight is 470 g/mol. The Hall–Kier alpha value is -4.09. The van der Waals surface area contributed by atoms with Gasteiger partial charge in [0, 0.05) is 27.1 Å². The predicted molar refractivity (Wildman–Crippen MR) is 134 cm³/mol. The van der Waals surface area contributed by atoms with Gasteiger partial charge in [-0.1, -0.05) is 17.8 Å². The second-order valence-electron chi connectivity index (χ2n) is 7.58. The lowest BCUT2D eigenvalue weighted by atomic mass is 10.1. The largest absolute Gasteiger partial charge is 0.465 e. The average Bonchev–Trinajstić information content (AvgIpc) is 2.83. The van der Waals surface area contributed by atoms with Gasteiger partial charge in [0.1, 0.15) is 0 Å². The Bertz CT molecular complexity index is 1380. The number of pyridine rings is 2. The van der Waals surface area contributed by atoms with Crippen LogP contribution in [-0.4, -0.2) is 22.5 Å². The zero-order valence-corrected chi connectivity index (χ0v) is 19.6. The van der Waals surface area contributed by atoms with Crippen LogP contribution in [0.15, 0.2) is 76.7 Å². The topological polar surface area (TPSA) is 114 Å². The first kappa shape index (κ1) is 23.1. The molecular weight excluding hydrogens is 446 g/mol. The fraction of sp³-hybridized carbons (Fsp3) is 0.154. The summed E-state index contributed by atoms with van der Waals surface area (Å²) in [5.41, 5.74) is 10.2. The number of carbonyl (C=O) groups is 1. The first-order chi connectivity index (χ1) is 16.5. The Kier molecular flexibility index (Phi) is 6.95. The monoisotopic (exact) mass is 469 g/mol. The molecule has 0 saturated heterocycles. The van der Waals surface area contributed by atoms with Crippen LogP contribution in [0.1, 0.15) is 24.1 Å². The fourth-order valence-corrected chi connectivity index (χ4v) is 4.30. The van der Waals surface area contributed by atoms with Crippen molar-refractivity contribution in [2.45, 2.75) is 29.6 Å². The number of ether oxygens (including phenoxy) is 1. The molecule has 0 aliphatic heterocycles. The van der Waals surface area contributed by atoms with Crippen molar-refractivity contribution >= 4 is 45.8 Å². The van der Waals surface area contributed by atoms with Gasteiger partial charge in [-0.15, -0.1) is 0 Å². The van der Waals surface area contributed by atoms with E-state index in [-0.39, 0.29) is 6.61 Å². The Balaban J connectivity index is 1.67. The van der Waals surface area contributed by atoms with Crippen LogP contribution in [0.3, 0.4) is 0 Å². The van der Waals surface area contributed by atoms with Crippen molar-refractivity contribution in [3.63, 3.8) is 0 Å². The van der Waals surface area contributed by atoms with Gasteiger partial charge in [-0.25, -0.2) is 9.97 Å². The van der Waals surface area contributed by atoms with E-state index >= 15 is 0 Å². The standard InChI is InChI=1S/C26H23N5O2S/c1-3-33-26(32)20(15-27)21-10-9-19-22(12-13-29-25(19)31-21)30-23-14-16(2)4-11-24(23)34-18-7-5-17(28)6-8-18/h4-14,20H,3,28H2,1-2H3,(H,29,30,31). The van der Waals surface area contributed by atoms with E-state index in [4.69, 9.17) is 10.5 Å². The number of nitrogens with two attached hydrogens (primary N) is 1. The molecule has 4 aromatic rings. The van der Waals surface area contributed by atoms with Crippen LogP contribution in [0.5, 0.6) is 0 Å². The van der Waals surface area contributed by atoms with Gasteiger partial charge in [0.25, 0.3) is 0 Å². The van der Waals surface area contributed by atoms with E-state index in [1.165, 1.54) is 0 Å². The zero-order chi connectivity index (χ0) is 24.1. The summed E-state index contributed by atoms with van der Waals surface area (Å²) < 4.78 is 5.00. The molecule has 34 heavy (non-hydrogen) atoms. The van der Waals surface area contributed by atoms with Crippen LogP contribution in [0.2, 0.25) is 0 Å². The highest BCUT2D eigenvalue weighted by molar-refractivity contribution is 7.99. The van der Waals surface area contributed by atoms with Crippen LogP contribution in [0.25, 0.3) is 11.0 Å². The molecule has 0 spiro atoms. The number of aryl methyl sites for hydroxylation is 1. The number of benzene rings is 2. The molecular formula is C26H23N5O2S. The van der Waals surface area contributed by atoms with Crippen molar-refractivity contribution in [1.29, 1.82) is 5.26 Å². The molecule has 8 heteroatoms. The van der Waals surface area contributed by atoms with Gasteiger partial charge in [-0.2, -0.15) is 5.26 Å². The molecule has 3 N–H and O–H groups in total. The van der Waals surface area contributed by atoms with E-state index in [0.29, 0.717) is 11.3 Å². The number of nitriles is 1. The maximum Gasteiger partial charge on any atom is 0.329 e. The van der Waals surface area contributed by atoms with Gasteiger partial charge in [0.2, 0.25) is 0 Å². The van der Waals surface area contributed by atoms with Gasteiger partial charge < -0.3 is 15.8 Å². The highest BCUT2D eigenvalue weighted by Crippen LogP contribution is 2.37. The normalized spacial score (nSPS) is 11.6. The van der Waals surface area contributed by atoms with Crippen molar-refractivity contribution in [3.05, 3.63) is 78.1 Å². The van der Waals surface area contributed by atoms with Gasteiger partial charge in [0.15, 0.2) is 11.6 Å². The number of nitrogen functional groups attached to an aromatic ring is 1. The summed E-state index contributed by atoms with van der Waals surface area (Å²) in [5.74, 6) is -1.71. The third-order valence-electron chi connectivity index (χ3n) is 5.08. The van der Waals surface area contributed by atoms with Gasteiger partial charge >= 0.3 is 5.97 Å². The number of fused-ring (bicyclic) bond motifs is 1. The van der Waals surface area contributed by atoms with Gasteiger partial charge in [0.05, 0.1) is 29.7 Å². The molecule has 0 radical (unpaired) electrons. The van der Waals surface area contributed by atoms with Gasteiger partial charge in [-0.3, -0.25) is 4.79 Å². The number of hydrogen-bond acceptors (Lipinski definition) is 8. The summed E-state index contributed by atoms with van der Waals surface area (Å²) in [5, 5.41) is 13.7. The lowest BCUT2D eigenvalue weighted by Gasteiger charge is -2.15. The molecule has 0 bridgehead atoms. The second-order valence-corrected chi connectivity index (χ2v) is 8.69. The number of aromatic nitrogens is 2. The summed E-state index contributed by atoms with van der Waals surface area (Å²) >= 11 is 1.64. The third-order valence-corrected chi connectivity index (χ3v) is 6.17. The number of anilines is 3. The van der Waals surface area contributed by atoms with E-state index in [1.807, 2.05) is 49.4 Å². The van der Waals surface area contributed by atoms with Crippen LogP contribution < -0.4 is 11.1 Å². The summed E-state index contributed by atoms with van der Waals surface area (Å²) in [6.07, 6.45) is 1.65. The maximum atomic E-state index is 12.1. The van der Waals surface area contributed by atoms with E-state index in [2.05, 4.69) is 33.5 Å². The fourth-order valence-electron chi connectivity index (χ4n) is 3.42. The molecule has 0 saturated carbocycles. The van der Waals surface area contributed by atoms with Crippen LogP contribution in [0.4, 0.5) is 17.1 Å². The highest BCUT2D eigenvalue weighted by atomic mass is 32.2. The zero-order valence-electron chi connectivity index (χ0n) is 18.8. The minimum absolute atomic E-state index is 0.199. The highest BCUT2D eigenvalue weighted by Gasteiger charge is 2.23. The quantitative estimate of drug-likeness (QED) is 0.266. The van der Waals surface area contributed by atoms with E-state index < -0.39 is 11.9 Å². The summed E-state index contributed by atoms with van der Waals surface area (Å²) in [7, 11) is 0. The van der Waals surface area contributed by atoms with Crippen LogP contribution in [-0.2, 0) is 9.53 Å². The summed E-state index contributed by atoms with van der Waals surface area (Å²) in [6.45, 7) is 3.94. The summed E-state index contributed by atoms with van der Waals surface area (Å²) in [6, 6.07) is 21.3. The number of nitrogens with zero attached hydrogens (tertiary/aromatic N) is 3. The van der Waals surface area contributed by atoms with Crippen molar-refractivity contribution < 1.29 is 9.53 Å². The molecule has 4 rings (SSSR count). The van der Waals surface area contributed by atoms with E-state index in [9.17, 15) is 10.1 Å². The second kappa shape index (κ2) is 10.2. The number of nitrogens with one attached hydrogen (secondary N) is 1. The van der Waals surface area contributed by atoms with E-state index in [0.717, 1.165) is 37.8 Å². The lowest BCUT2D eigenvalue weighted by Crippen LogP contribution is -2.15. The Morgan fingerprint density at radius 3 is 2.68 bits per heavy atom. The minimum Gasteiger partial charge on any atom is -0.465 e. The van der Waals surface area contributed by atoms with Crippen molar-refractivity contribution in [2.24, 2.45) is 0 Å². The first-order valence-corrected chi connectivity index (χ1v) is 11.5. The number of rotatable bonds is 7. The molecule has 2 heterocycles. The molecule has 7 nitrogen and oxygen atoms in total. The van der Waals surface area contributed by atoms with Gasteiger partial charge in [-0.05, 0) is 74.0 Å². The SMILES string of the molecule is CCOC(=O)C(C#N)c1ccc2c(Nc3cc(C)ccc3Sc3ccc(N)cc3)ccnc2n1. The molecule has 0 aliphatic rings. The Morgan fingerprint density at radius 2 is 1.94 bits per heavy atom. The summed E-state index contributed by atoms with van der Waals surface area (Å²) in [4.78, 5) is 23.1. The minimum atomic E-state index is -1.09. The molecule has 0 aliphatic carbocycles. The van der Waals surface area contributed by atoms with Crippen molar-refractivity contribution in [2.75, 3.05) is 17.7 Å². The first-order valence-electron chi connectivity index (χ1n) is 10.7. The third kappa shape index (κ3) is 5.11. The smallest absolute Gasteiger partial charge is 0.329 e. The molecule has 1 atom stereocenters. The molecule has 170 valence electrons. The molecule has 0 fully saturated rings. The molecule has 2 aromatic heterocycles. The van der Waals surface area contributed by atoms with E-state index in [1.54, 1.807) is 30.9 Å². The van der Waals surface area contributed by atoms with Crippen molar-refractivity contribution in [1.82, 2.24) is 9.97 Å². The number of esters is 1.